The van der Waals surface area contributed by atoms with Gasteiger partial charge < -0.3 is 14.8 Å². The first-order valence-electron chi connectivity index (χ1n) is 8.16. The standard InChI is InChI=1S/C20H25NO3/c1-15(2)24-14-18-7-5-4-6-17(18)13-21-20(22)12-16-8-10-19(23-3)11-9-16/h4-11,15H,12-14H2,1-3H3,(H,21,22). The van der Waals surface area contributed by atoms with Crippen molar-refractivity contribution in [2.75, 3.05) is 7.11 Å². The second-order valence-electron chi connectivity index (χ2n) is 5.93. The van der Waals surface area contributed by atoms with Crippen LogP contribution in [0.1, 0.15) is 30.5 Å². The Balaban J connectivity index is 1.89. The van der Waals surface area contributed by atoms with E-state index in [1.807, 2.05) is 62.4 Å². The molecule has 0 bridgehead atoms. The Labute approximate surface area is 143 Å². The maximum atomic E-state index is 12.1. The Morgan fingerprint density at radius 1 is 1.04 bits per heavy atom. The molecule has 0 fully saturated rings. The summed E-state index contributed by atoms with van der Waals surface area (Å²) >= 11 is 0. The van der Waals surface area contributed by atoms with Crippen molar-refractivity contribution in [3.8, 4) is 5.75 Å². The average Bonchev–Trinajstić information content (AvgIpc) is 2.59. The summed E-state index contributed by atoms with van der Waals surface area (Å²) in [5, 5.41) is 2.98. The van der Waals surface area contributed by atoms with E-state index in [0.29, 0.717) is 19.6 Å². The van der Waals surface area contributed by atoms with Crippen LogP contribution in [0.4, 0.5) is 0 Å². The third-order valence-electron chi connectivity index (χ3n) is 3.69. The number of amides is 1. The molecule has 2 aromatic rings. The van der Waals surface area contributed by atoms with E-state index in [1.165, 1.54) is 0 Å². The number of hydrogen-bond acceptors (Lipinski definition) is 3. The second-order valence-corrected chi connectivity index (χ2v) is 5.93. The Morgan fingerprint density at radius 2 is 1.71 bits per heavy atom. The highest BCUT2D eigenvalue weighted by Gasteiger charge is 2.07. The average molecular weight is 327 g/mol. The fourth-order valence-corrected chi connectivity index (χ4v) is 2.31. The molecule has 0 atom stereocenters. The lowest BCUT2D eigenvalue weighted by Gasteiger charge is -2.13. The molecule has 0 aromatic heterocycles. The lowest BCUT2D eigenvalue weighted by molar-refractivity contribution is -0.120. The smallest absolute Gasteiger partial charge is 0.224 e. The predicted molar refractivity (Wildman–Crippen MR) is 94.9 cm³/mol. The summed E-state index contributed by atoms with van der Waals surface area (Å²) < 4.78 is 10.8. The van der Waals surface area contributed by atoms with Gasteiger partial charge in [-0.1, -0.05) is 36.4 Å². The molecule has 4 heteroatoms. The number of ether oxygens (including phenoxy) is 2. The van der Waals surface area contributed by atoms with Crippen molar-refractivity contribution >= 4 is 5.91 Å². The van der Waals surface area contributed by atoms with Gasteiger partial charge in [-0.2, -0.15) is 0 Å². The molecule has 0 saturated heterocycles. The molecule has 24 heavy (non-hydrogen) atoms. The maximum Gasteiger partial charge on any atom is 0.224 e. The van der Waals surface area contributed by atoms with E-state index in [0.717, 1.165) is 22.4 Å². The van der Waals surface area contributed by atoms with Gasteiger partial charge >= 0.3 is 0 Å². The minimum Gasteiger partial charge on any atom is -0.497 e. The van der Waals surface area contributed by atoms with Crippen molar-refractivity contribution in [2.24, 2.45) is 0 Å². The van der Waals surface area contributed by atoms with Crippen LogP contribution in [0.25, 0.3) is 0 Å². The van der Waals surface area contributed by atoms with Crippen molar-refractivity contribution in [1.29, 1.82) is 0 Å². The van der Waals surface area contributed by atoms with Gasteiger partial charge in [-0.3, -0.25) is 4.79 Å². The molecule has 0 heterocycles. The summed E-state index contributed by atoms with van der Waals surface area (Å²) in [5.74, 6) is 0.790. The first-order chi connectivity index (χ1) is 11.6. The lowest BCUT2D eigenvalue weighted by Crippen LogP contribution is -2.25. The molecule has 0 unspecified atom stereocenters. The van der Waals surface area contributed by atoms with Crippen LogP contribution in [0, 0.1) is 0 Å². The zero-order valence-electron chi connectivity index (χ0n) is 14.5. The Hall–Kier alpha value is -2.33. The van der Waals surface area contributed by atoms with Crippen LogP contribution in [0.3, 0.4) is 0 Å². The number of rotatable bonds is 8. The topological polar surface area (TPSA) is 47.6 Å². The van der Waals surface area contributed by atoms with Crippen LogP contribution in [-0.4, -0.2) is 19.1 Å². The van der Waals surface area contributed by atoms with Crippen LogP contribution in [0.2, 0.25) is 0 Å². The zero-order chi connectivity index (χ0) is 17.4. The van der Waals surface area contributed by atoms with Gasteiger partial charge in [0.25, 0.3) is 0 Å². The molecule has 0 aliphatic rings. The molecular weight excluding hydrogens is 302 g/mol. The third-order valence-corrected chi connectivity index (χ3v) is 3.69. The fraction of sp³-hybridized carbons (Fsp3) is 0.350. The Kier molecular flexibility index (Phi) is 6.82. The van der Waals surface area contributed by atoms with Crippen LogP contribution >= 0.6 is 0 Å². The molecule has 128 valence electrons. The first kappa shape index (κ1) is 18.0. The zero-order valence-corrected chi connectivity index (χ0v) is 14.5. The number of carbonyl (C=O) groups excluding carboxylic acids is 1. The van der Waals surface area contributed by atoms with E-state index in [-0.39, 0.29) is 12.0 Å². The SMILES string of the molecule is COc1ccc(CC(=O)NCc2ccccc2COC(C)C)cc1. The molecule has 0 aliphatic carbocycles. The Morgan fingerprint density at radius 3 is 2.33 bits per heavy atom. The fourth-order valence-electron chi connectivity index (χ4n) is 2.31. The van der Waals surface area contributed by atoms with Crippen LogP contribution < -0.4 is 10.1 Å². The number of hydrogen-bond donors (Lipinski definition) is 1. The van der Waals surface area contributed by atoms with Crippen LogP contribution in [-0.2, 0) is 29.1 Å². The van der Waals surface area contributed by atoms with Gasteiger partial charge in [0.2, 0.25) is 5.91 Å². The lowest BCUT2D eigenvalue weighted by atomic mass is 10.1. The van der Waals surface area contributed by atoms with E-state index >= 15 is 0 Å². The summed E-state index contributed by atoms with van der Waals surface area (Å²) in [5.41, 5.74) is 3.15. The third kappa shape index (κ3) is 5.70. The predicted octanol–water partition coefficient (Wildman–Crippen LogP) is 3.48. The maximum absolute atomic E-state index is 12.1. The summed E-state index contributed by atoms with van der Waals surface area (Å²) in [7, 11) is 1.63. The molecule has 0 spiro atoms. The van der Waals surface area contributed by atoms with Gasteiger partial charge in [0, 0.05) is 6.54 Å². The molecular formula is C20H25NO3. The first-order valence-corrected chi connectivity index (χ1v) is 8.16. The van der Waals surface area contributed by atoms with Crippen molar-refractivity contribution < 1.29 is 14.3 Å². The van der Waals surface area contributed by atoms with E-state index < -0.39 is 0 Å². The molecule has 1 N–H and O–H groups in total. The molecule has 2 rings (SSSR count). The number of carbonyl (C=O) groups is 1. The highest BCUT2D eigenvalue weighted by Crippen LogP contribution is 2.13. The summed E-state index contributed by atoms with van der Waals surface area (Å²) in [4.78, 5) is 12.1. The molecule has 2 aromatic carbocycles. The summed E-state index contributed by atoms with van der Waals surface area (Å²) in [6.45, 7) is 5.09. The normalized spacial score (nSPS) is 10.7. The molecule has 0 radical (unpaired) electrons. The summed E-state index contributed by atoms with van der Waals surface area (Å²) in [6.07, 6.45) is 0.539. The van der Waals surface area contributed by atoms with Crippen molar-refractivity contribution in [3.63, 3.8) is 0 Å². The van der Waals surface area contributed by atoms with Crippen molar-refractivity contribution in [3.05, 3.63) is 65.2 Å². The number of nitrogens with one attached hydrogen (secondary N) is 1. The van der Waals surface area contributed by atoms with Crippen LogP contribution in [0.15, 0.2) is 48.5 Å². The number of benzene rings is 2. The van der Waals surface area contributed by atoms with Gasteiger partial charge in [0.1, 0.15) is 5.75 Å². The minimum absolute atomic E-state index is 0.000233. The number of methoxy groups -OCH3 is 1. The Bertz CT molecular complexity index is 650. The van der Waals surface area contributed by atoms with Gasteiger partial charge in [-0.15, -0.1) is 0 Å². The largest absolute Gasteiger partial charge is 0.497 e. The van der Waals surface area contributed by atoms with E-state index in [1.54, 1.807) is 7.11 Å². The van der Waals surface area contributed by atoms with Gasteiger partial charge in [0.15, 0.2) is 0 Å². The highest BCUT2D eigenvalue weighted by atomic mass is 16.5. The molecule has 1 amide bonds. The van der Waals surface area contributed by atoms with E-state index in [4.69, 9.17) is 9.47 Å². The van der Waals surface area contributed by atoms with Crippen molar-refractivity contribution in [2.45, 2.75) is 39.5 Å². The monoisotopic (exact) mass is 327 g/mol. The summed E-state index contributed by atoms with van der Waals surface area (Å²) in [6, 6.07) is 15.6. The van der Waals surface area contributed by atoms with Crippen molar-refractivity contribution in [1.82, 2.24) is 5.32 Å². The van der Waals surface area contributed by atoms with E-state index in [9.17, 15) is 4.79 Å². The highest BCUT2D eigenvalue weighted by molar-refractivity contribution is 5.78. The molecule has 0 saturated carbocycles. The van der Waals surface area contributed by atoms with E-state index in [2.05, 4.69) is 5.32 Å². The van der Waals surface area contributed by atoms with Gasteiger partial charge in [-0.05, 0) is 42.7 Å². The van der Waals surface area contributed by atoms with Gasteiger partial charge in [0.05, 0.1) is 26.2 Å². The van der Waals surface area contributed by atoms with Crippen LogP contribution in [0.5, 0.6) is 5.75 Å². The molecule has 0 aliphatic heterocycles. The van der Waals surface area contributed by atoms with Gasteiger partial charge in [-0.25, -0.2) is 0 Å². The quantitative estimate of drug-likeness (QED) is 0.807. The molecule has 4 nitrogen and oxygen atoms in total. The minimum atomic E-state index is -0.000233. The second kappa shape index (κ2) is 9.08.